The van der Waals surface area contributed by atoms with E-state index < -0.39 is 5.97 Å². The number of H-pyrrole nitrogens is 1. The number of carbonyl (C=O) groups is 2. The Balaban J connectivity index is 1.54. The number of nitrogens with zero attached hydrogens (tertiary/aromatic N) is 3. The molecule has 0 aliphatic carbocycles. The molecule has 0 radical (unpaired) electrons. The molecule has 1 aliphatic heterocycles. The quantitative estimate of drug-likeness (QED) is 0.752. The third-order valence-electron chi connectivity index (χ3n) is 4.17. The number of aromatic amines is 1. The summed E-state index contributed by atoms with van der Waals surface area (Å²) < 4.78 is 0. The number of fused-ring (bicyclic) bond motifs is 1. The van der Waals surface area contributed by atoms with E-state index >= 15 is 0 Å². The molecule has 0 fully saturated rings. The SMILES string of the molecule is O=C(O)c1n[nH]c2c1CCN(C(=O)c1csc(-c3ccccc3)n1)C2. The summed E-state index contributed by atoms with van der Waals surface area (Å²) in [5, 5.41) is 18.2. The van der Waals surface area contributed by atoms with E-state index in [9.17, 15) is 9.59 Å². The van der Waals surface area contributed by atoms with Crippen molar-refractivity contribution in [3.05, 3.63) is 58.4 Å². The van der Waals surface area contributed by atoms with Crippen molar-refractivity contribution in [2.24, 2.45) is 0 Å². The molecule has 3 heterocycles. The number of hydrogen-bond acceptors (Lipinski definition) is 5. The van der Waals surface area contributed by atoms with Gasteiger partial charge in [0.05, 0.1) is 12.2 Å². The second kappa shape index (κ2) is 6.14. The molecule has 3 aromatic rings. The van der Waals surface area contributed by atoms with Crippen LogP contribution in [0.1, 0.15) is 32.2 Å². The van der Waals surface area contributed by atoms with Gasteiger partial charge in [-0.1, -0.05) is 30.3 Å². The lowest BCUT2D eigenvalue weighted by Crippen LogP contribution is -2.36. The van der Waals surface area contributed by atoms with E-state index in [1.54, 1.807) is 10.3 Å². The molecule has 8 heteroatoms. The third-order valence-corrected chi connectivity index (χ3v) is 5.06. The van der Waals surface area contributed by atoms with Crippen LogP contribution in [0.4, 0.5) is 0 Å². The number of rotatable bonds is 3. The first-order valence-electron chi connectivity index (χ1n) is 7.73. The van der Waals surface area contributed by atoms with Crippen LogP contribution >= 0.6 is 11.3 Å². The van der Waals surface area contributed by atoms with Crippen molar-refractivity contribution < 1.29 is 14.7 Å². The van der Waals surface area contributed by atoms with Crippen molar-refractivity contribution in [3.63, 3.8) is 0 Å². The molecule has 126 valence electrons. The number of aromatic nitrogens is 3. The van der Waals surface area contributed by atoms with Gasteiger partial charge in [-0.3, -0.25) is 9.89 Å². The summed E-state index contributed by atoms with van der Waals surface area (Å²) >= 11 is 1.43. The van der Waals surface area contributed by atoms with Crippen molar-refractivity contribution in [1.29, 1.82) is 0 Å². The van der Waals surface area contributed by atoms with Crippen LogP contribution in [0.25, 0.3) is 10.6 Å². The predicted molar refractivity (Wildman–Crippen MR) is 91.5 cm³/mol. The molecule has 1 aliphatic rings. The molecule has 0 saturated heterocycles. The molecule has 7 nitrogen and oxygen atoms in total. The minimum Gasteiger partial charge on any atom is -0.476 e. The molecule has 0 saturated carbocycles. The van der Waals surface area contributed by atoms with Crippen LogP contribution in [0.2, 0.25) is 0 Å². The Hall–Kier alpha value is -3.00. The summed E-state index contributed by atoms with van der Waals surface area (Å²) in [6.07, 6.45) is 0.467. The number of carboxylic acids is 1. The van der Waals surface area contributed by atoms with Gasteiger partial charge in [0.25, 0.3) is 5.91 Å². The summed E-state index contributed by atoms with van der Waals surface area (Å²) in [5.74, 6) is -1.21. The molecule has 4 rings (SSSR count). The Bertz CT molecular complexity index is 948. The zero-order valence-corrected chi connectivity index (χ0v) is 13.9. The van der Waals surface area contributed by atoms with Gasteiger partial charge < -0.3 is 10.0 Å². The van der Waals surface area contributed by atoms with Crippen molar-refractivity contribution in [1.82, 2.24) is 20.1 Å². The van der Waals surface area contributed by atoms with E-state index in [0.29, 0.717) is 36.5 Å². The van der Waals surface area contributed by atoms with E-state index in [0.717, 1.165) is 10.6 Å². The van der Waals surface area contributed by atoms with E-state index in [-0.39, 0.29) is 11.6 Å². The van der Waals surface area contributed by atoms with Gasteiger partial charge in [0.1, 0.15) is 10.7 Å². The van der Waals surface area contributed by atoms with Gasteiger partial charge in [0.15, 0.2) is 5.69 Å². The maximum atomic E-state index is 12.7. The number of thiazole rings is 1. The van der Waals surface area contributed by atoms with Gasteiger partial charge in [-0.15, -0.1) is 11.3 Å². The van der Waals surface area contributed by atoms with E-state index in [2.05, 4.69) is 15.2 Å². The van der Waals surface area contributed by atoms with Crippen LogP contribution in [-0.4, -0.2) is 43.6 Å². The molecule has 25 heavy (non-hydrogen) atoms. The standard InChI is InChI=1S/C17H14N4O3S/c22-16(13-9-25-15(18-13)10-4-2-1-3-5-10)21-7-6-11-12(8-21)19-20-14(11)17(23)24/h1-5,9H,6-8H2,(H,19,20)(H,23,24). The molecule has 2 aromatic heterocycles. The minimum absolute atomic E-state index is 0.0436. The van der Waals surface area contributed by atoms with Gasteiger partial charge >= 0.3 is 5.97 Å². The van der Waals surface area contributed by atoms with E-state index in [1.807, 2.05) is 30.3 Å². The predicted octanol–water partition coefficient (Wildman–Crippen LogP) is 2.43. The first kappa shape index (κ1) is 15.5. The van der Waals surface area contributed by atoms with Gasteiger partial charge in [-0.05, 0) is 6.42 Å². The summed E-state index contributed by atoms with van der Waals surface area (Å²) in [6.45, 7) is 0.760. The first-order valence-corrected chi connectivity index (χ1v) is 8.61. The molecule has 0 unspecified atom stereocenters. The summed E-state index contributed by atoms with van der Waals surface area (Å²) in [5.41, 5.74) is 2.79. The third kappa shape index (κ3) is 2.80. The number of carbonyl (C=O) groups excluding carboxylic acids is 1. The van der Waals surface area contributed by atoms with E-state index in [4.69, 9.17) is 5.11 Å². The Morgan fingerprint density at radius 2 is 2.04 bits per heavy atom. The Morgan fingerprint density at radius 1 is 1.24 bits per heavy atom. The van der Waals surface area contributed by atoms with Gasteiger partial charge in [-0.25, -0.2) is 9.78 Å². The average molecular weight is 354 g/mol. The zero-order chi connectivity index (χ0) is 17.4. The van der Waals surface area contributed by atoms with Crippen molar-refractivity contribution in [3.8, 4) is 10.6 Å². The van der Waals surface area contributed by atoms with E-state index in [1.165, 1.54) is 11.3 Å². The summed E-state index contributed by atoms with van der Waals surface area (Å²) in [6, 6.07) is 9.71. The summed E-state index contributed by atoms with van der Waals surface area (Å²) in [4.78, 5) is 30.0. The lowest BCUT2D eigenvalue weighted by molar-refractivity contribution is 0.0689. The van der Waals surface area contributed by atoms with Crippen LogP contribution in [-0.2, 0) is 13.0 Å². The number of amides is 1. The Labute approximate surface area is 146 Å². The first-order chi connectivity index (χ1) is 12.1. The zero-order valence-electron chi connectivity index (χ0n) is 13.1. The highest BCUT2D eigenvalue weighted by molar-refractivity contribution is 7.13. The topological polar surface area (TPSA) is 99.2 Å². The highest BCUT2D eigenvalue weighted by Gasteiger charge is 2.28. The fourth-order valence-corrected chi connectivity index (χ4v) is 3.72. The molecular formula is C17H14N4O3S. The Morgan fingerprint density at radius 3 is 2.80 bits per heavy atom. The number of aromatic carboxylic acids is 1. The number of carboxylic acid groups (broad SMARTS) is 1. The van der Waals surface area contributed by atoms with Crippen LogP contribution in [0.15, 0.2) is 35.7 Å². The smallest absolute Gasteiger partial charge is 0.356 e. The maximum Gasteiger partial charge on any atom is 0.356 e. The number of benzene rings is 1. The van der Waals surface area contributed by atoms with Crippen molar-refractivity contribution >= 4 is 23.2 Å². The Kier molecular flexibility index (Phi) is 3.81. The monoisotopic (exact) mass is 354 g/mol. The maximum absolute atomic E-state index is 12.7. The second-order valence-electron chi connectivity index (χ2n) is 5.72. The van der Waals surface area contributed by atoms with Crippen LogP contribution in [0.3, 0.4) is 0 Å². The fourth-order valence-electron chi connectivity index (χ4n) is 2.92. The largest absolute Gasteiger partial charge is 0.476 e. The highest BCUT2D eigenvalue weighted by Crippen LogP contribution is 2.26. The second-order valence-corrected chi connectivity index (χ2v) is 6.57. The normalized spacial score (nSPS) is 13.5. The number of hydrogen-bond donors (Lipinski definition) is 2. The molecular weight excluding hydrogens is 340 g/mol. The van der Waals surface area contributed by atoms with Crippen molar-refractivity contribution in [2.75, 3.05) is 6.54 Å². The molecule has 0 spiro atoms. The number of nitrogens with one attached hydrogen (secondary N) is 1. The molecule has 0 bridgehead atoms. The minimum atomic E-state index is -1.05. The van der Waals surface area contributed by atoms with Crippen molar-refractivity contribution in [2.45, 2.75) is 13.0 Å². The van der Waals surface area contributed by atoms with Gasteiger partial charge in [-0.2, -0.15) is 5.10 Å². The van der Waals surface area contributed by atoms with Gasteiger partial charge in [0, 0.05) is 23.1 Å². The molecule has 2 N–H and O–H groups in total. The van der Waals surface area contributed by atoms with Gasteiger partial charge in [0.2, 0.25) is 0 Å². The molecule has 1 amide bonds. The average Bonchev–Trinajstić information content (AvgIpc) is 3.28. The molecule has 1 aromatic carbocycles. The molecule has 0 atom stereocenters. The fraction of sp³-hybridized carbons (Fsp3) is 0.176. The van der Waals surface area contributed by atoms with Crippen LogP contribution in [0.5, 0.6) is 0 Å². The lowest BCUT2D eigenvalue weighted by Gasteiger charge is -2.26. The lowest BCUT2D eigenvalue weighted by atomic mass is 10.0. The highest BCUT2D eigenvalue weighted by atomic mass is 32.1. The van der Waals surface area contributed by atoms with Crippen LogP contribution in [0, 0.1) is 0 Å². The van der Waals surface area contributed by atoms with Crippen LogP contribution < -0.4 is 0 Å². The summed E-state index contributed by atoms with van der Waals surface area (Å²) in [7, 11) is 0.